The molecule has 18 heavy (non-hydrogen) atoms. The van der Waals surface area contributed by atoms with Crippen molar-refractivity contribution in [2.24, 2.45) is 5.92 Å². The van der Waals surface area contributed by atoms with Crippen LogP contribution in [0.2, 0.25) is 0 Å². The van der Waals surface area contributed by atoms with Crippen LogP contribution in [0.25, 0.3) is 0 Å². The topological polar surface area (TPSA) is 95.3 Å². The summed E-state index contributed by atoms with van der Waals surface area (Å²) in [5.41, 5.74) is -1.05. The summed E-state index contributed by atoms with van der Waals surface area (Å²) in [4.78, 5) is 25.2. The summed E-state index contributed by atoms with van der Waals surface area (Å²) >= 11 is 0. The van der Waals surface area contributed by atoms with Crippen molar-refractivity contribution in [3.05, 3.63) is 32.6 Å². The second kappa shape index (κ2) is 4.80. The Kier molecular flexibility index (Phi) is 3.36. The van der Waals surface area contributed by atoms with E-state index < -0.39 is 17.4 Å². The second-order valence-corrected chi connectivity index (χ2v) is 4.49. The first-order chi connectivity index (χ1) is 8.56. The van der Waals surface area contributed by atoms with Crippen LogP contribution in [0, 0.1) is 18.3 Å². The van der Waals surface area contributed by atoms with Crippen molar-refractivity contribution >= 4 is 0 Å². The van der Waals surface area contributed by atoms with Crippen LogP contribution in [0.5, 0.6) is 0 Å². The Hall–Kier alpha value is -1.84. The van der Waals surface area contributed by atoms with Gasteiger partial charge in [0, 0.05) is 24.8 Å². The molecular weight excluding hydrogens is 236 g/mol. The maximum Gasteiger partial charge on any atom is 0.328 e. The molecule has 1 fully saturated rings. The third-order valence-corrected chi connectivity index (χ3v) is 3.38. The fourth-order valence-corrected chi connectivity index (χ4v) is 2.36. The standard InChI is InChI=1S/C12H14N2O4/c1-2-7-5-14(12(18)13-11(7)17)9-3-8(6-15)10(16)4-9/h1,5,8-10,15-16H,3-4,6H2,(H,13,17,18)/t8-,9-,10?/m1/s1. The van der Waals surface area contributed by atoms with Crippen molar-refractivity contribution in [2.75, 3.05) is 6.61 Å². The molecule has 1 aromatic rings. The number of aromatic amines is 1. The van der Waals surface area contributed by atoms with E-state index in [1.807, 2.05) is 0 Å². The lowest BCUT2D eigenvalue weighted by atomic mass is 10.1. The van der Waals surface area contributed by atoms with Crippen molar-refractivity contribution in [2.45, 2.75) is 25.0 Å². The fourth-order valence-electron chi connectivity index (χ4n) is 2.36. The predicted molar refractivity (Wildman–Crippen MR) is 64.1 cm³/mol. The van der Waals surface area contributed by atoms with Crippen LogP contribution in [0.1, 0.15) is 24.4 Å². The highest BCUT2D eigenvalue weighted by Crippen LogP contribution is 2.33. The van der Waals surface area contributed by atoms with Gasteiger partial charge in [-0.15, -0.1) is 6.42 Å². The minimum Gasteiger partial charge on any atom is -0.396 e. The normalized spacial score (nSPS) is 27.1. The Labute approximate surface area is 103 Å². The Bertz CT molecular complexity index is 595. The highest BCUT2D eigenvalue weighted by molar-refractivity contribution is 5.26. The van der Waals surface area contributed by atoms with Crippen LogP contribution in [0.15, 0.2) is 15.8 Å². The molecule has 2 rings (SSSR count). The average Bonchev–Trinajstić information content (AvgIpc) is 2.70. The first-order valence-corrected chi connectivity index (χ1v) is 5.67. The third kappa shape index (κ3) is 2.10. The molecule has 1 saturated carbocycles. The summed E-state index contributed by atoms with van der Waals surface area (Å²) in [6.45, 7) is -0.127. The Morgan fingerprint density at radius 1 is 1.50 bits per heavy atom. The quantitative estimate of drug-likeness (QED) is 0.576. The molecule has 3 atom stereocenters. The molecule has 6 heteroatoms. The molecule has 1 aliphatic rings. The number of hydrogen-bond donors (Lipinski definition) is 3. The van der Waals surface area contributed by atoms with Gasteiger partial charge >= 0.3 is 5.69 Å². The minimum atomic E-state index is -0.645. The van der Waals surface area contributed by atoms with Crippen LogP contribution in [-0.4, -0.2) is 32.5 Å². The first kappa shape index (κ1) is 12.6. The zero-order chi connectivity index (χ0) is 13.3. The lowest BCUT2D eigenvalue weighted by Crippen LogP contribution is -2.33. The number of rotatable bonds is 2. The SMILES string of the molecule is C#Cc1cn([C@H]2CC(O)[C@@H](CO)C2)c(=O)[nH]c1=O. The van der Waals surface area contributed by atoms with Crippen LogP contribution < -0.4 is 11.2 Å². The highest BCUT2D eigenvalue weighted by atomic mass is 16.3. The molecule has 0 saturated heterocycles. The van der Waals surface area contributed by atoms with Crippen LogP contribution in [-0.2, 0) is 0 Å². The van der Waals surface area contributed by atoms with Gasteiger partial charge in [-0.3, -0.25) is 14.3 Å². The monoisotopic (exact) mass is 250 g/mol. The van der Waals surface area contributed by atoms with Crippen LogP contribution in [0.4, 0.5) is 0 Å². The number of aliphatic hydroxyl groups is 2. The Balaban J connectivity index is 2.39. The van der Waals surface area contributed by atoms with E-state index in [0.717, 1.165) is 0 Å². The molecule has 1 aromatic heterocycles. The Morgan fingerprint density at radius 2 is 2.22 bits per heavy atom. The number of nitrogens with one attached hydrogen (secondary N) is 1. The van der Waals surface area contributed by atoms with Gasteiger partial charge < -0.3 is 10.2 Å². The van der Waals surface area contributed by atoms with Gasteiger partial charge in [0.2, 0.25) is 0 Å². The van der Waals surface area contributed by atoms with Crippen LogP contribution in [0.3, 0.4) is 0 Å². The molecular formula is C12H14N2O4. The lowest BCUT2D eigenvalue weighted by molar-refractivity contribution is 0.0906. The highest BCUT2D eigenvalue weighted by Gasteiger charge is 2.34. The van der Waals surface area contributed by atoms with Gasteiger partial charge in [0.05, 0.1) is 6.10 Å². The third-order valence-electron chi connectivity index (χ3n) is 3.38. The predicted octanol–water partition coefficient (Wildman–Crippen LogP) is -1.18. The molecule has 3 N–H and O–H groups in total. The van der Waals surface area contributed by atoms with E-state index in [0.29, 0.717) is 12.8 Å². The van der Waals surface area contributed by atoms with E-state index in [1.54, 1.807) is 0 Å². The fraction of sp³-hybridized carbons (Fsp3) is 0.500. The maximum atomic E-state index is 11.7. The molecule has 96 valence electrons. The van der Waals surface area contributed by atoms with Crippen molar-refractivity contribution in [3.8, 4) is 12.3 Å². The van der Waals surface area contributed by atoms with Gasteiger partial charge in [-0.1, -0.05) is 5.92 Å². The van der Waals surface area contributed by atoms with Crippen LogP contribution >= 0.6 is 0 Å². The molecule has 0 spiro atoms. The van der Waals surface area contributed by atoms with E-state index in [1.165, 1.54) is 10.8 Å². The van der Waals surface area contributed by atoms with Crippen molar-refractivity contribution in [1.82, 2.24) is 9.55 Å². The van der Waals surface area contributed by atoms with Crippen molar-refractivity contribution < 1.29 is 10.2 Å². The number of aliphatic hydroxyl groups excluding tert-OH is 2. The maximum absolute atomic E-state index is 11.7. The van der Waals surface area contributed by atoms with E-state index in [-0.39, 0.29) is 24.1 Å². The Morgan fingerprint density at radius 3 is 2.78 bits per heavy atom. The zero-order valence-corrected chi connectivity index (χ0v) is 9.67. The molecule has 1 heterocycles. The summed E-state index contributed by atoms with van der Waals surface area (Å²) in [7, 11) is 0. The van der Waals surface area contributed by atoms with Gasteiger partial charge in [-0.05, 0) is 12.8 Å². The van der Waals surface area contributed by atoms with E-state index >= 15 is 0 Å². The largest absolute Gasteiger partial charge is 0.396 e. The summed E-state index contributed by atoms with van der Waals surface area (Å²) in [6.07, 6.45) is 6.70. The van der Waals surface area contributed by atoms with E-state index in [9.17, 15) is 14.7 Å². The number of aromatic nitrogens is 2. The molecule has 1 unspecified atom stereocenters. The smallest absolute Gasteiger partial charge is 0.328 e. The number of hydrogen-bond acceptors (Lipinski definition) is 4. The number of H-pyrrole nitrogens is 1. The second-order valence-electron chi connectivity index (χ2n) is 4.49. The molecule has 0 radical (unpaired) electrons. The summed E-state index contributed by atoms with van der Waals surface area (Å²) in [5, 5.41) is 18.8. The summed E-state index contributed by atoms with van der Waals surface area (Å²) in [6, 6.07) is -0.256. The lowest BCUT2D eigenvalue weighted by Gasteiger charge is -2.13. The van der Waals surface area contributed by atoms with Gasteiger partial charge in [0.1, 0.15) is 5.56 Å². The van der Waals surface area contributed by atoms with Gasteiger partial charge in [-0.2, -0.15) is 0 Å². The molecule has 0 bridgehead atoms. The summed E-state index contributed by atoms with van der Waals surface area (Å²) in [5.74, 6) is 1.96. The molecule has 1 aliphatic carbocycles. The summed E-state index contributed by atoms with van der Waals surface area (Å²) < 4.78 is 1.33. The molecule has 0 aliphatic heterocycles. The van der Waals surface area contributed by atoms with Crippen molar-refractivity contribution in [1.29, 1.82) is 0 Å². The van der Waals surface area contributed by atoms with E-state index in [4.69, 9.17) is 11.5 Å². The van der Waals surface area contributed by atoms with Crippen molar-refractivity contribution in [3.63, 3.8) is 0 Å². The average molecular weight is 250 g/mol. The number of terminal acetylenes is 1. The zero-order valence-electron chi connectivity index (χ0n) is 9.67. The van der Waals surface area contributed by atoms with E-state index in [2.05, 4.69) is 10.9 Å². The molecule has 0 aromatic carbocycles. The number of nitrogens with zero attached hydrogens (tertiary/aromatic N) is 1. The molecule has 6 nitrogen and oxygen atoms in total. The first-order valence-electron chi connectivity index (χ1n) is 5.67. The van der Waals surface area contributed by atoms with Gasteiger partial charge in [0.15, 0.2) is 0 Å². The van der Waals surface area contributed by atoms with Gasteiger partial charge in [0.25, 0.3) is 5.56 Å². The van der Waals surface area contributed by atoms with Gasteiger partial charge in [-0.25, -0.2) is 4.79 Å². The molecule has 0 amide bonds. The minimum absolute atomic E-state index is 0.0801.